The van der Waals surface area contributed by atoms with E-state index in [-0.39, 0.29) is 13.0 Å². The highest BCUT2D eigenvalue weighted by molar-refractivity contribution is 5.99. The van der Waals surface area contributed by atoms with Gasteiger partial charge >= 0.3 is 12.2 Å². The molecule has 0 aliphatic rings. The van der Waals surface area contributed by atoms with Gasteiger partial charge in [0.2, 0.25) is 5.96 Å². The fraction of sp³-hybridized carbons (Fsp3) is 0.667. The van der Waals surface area contributed by atoms with Crippen molar-refractivity contribution in [3.63, 3.8) is 0 Å². The third kappa shape index (κ3) is 8.84. The van der Waals surface area contributed by atoms with Crippen LogP contribution in [-0.2, 0) is 9.47 Å². The fourth-order valence-electron chi connectivity index (χ4n) is 1.26. The van der Waals surface area contributed by atoms with Crippen molar-refractivity contribution < 1.29 is 19.1 Å². The molecule has 2 N–H and O–H groups in total. The van der Waals surface area contributed by atoms with E-state index in [0.717, 1.165) is 4.90 Å². The molecule has 22 heavy (non-hydrogen) atoms. The summed E-state index contributed by atoms with van der Waals surface area (Å²) in [7, 11) is 0. The quantitative estimate of drug-likeness (QED) is 0.466. The van der Waals surface area contributed by atoms with Gasteiger partial charge in [0.25, 0.3) is 0 Å². The molecule has 0 aromatic rings. The molecule has 0 atom stereocenters. The number of hydrogen-bond donors (Lipinski definition) is 2. The van der Waals surface area contributed by atoms with Crippen molar-refractivity contribution in [1.29, 1.82) is 5.41 Å². The number of carbonyl (C=O) groups excluding carboxylic acids is 2. The van der Waals surface area contributed by atoms with Crippen molar-refractivity contribution in [2.45, 2.75) is 59.2 Å². The summed E-state index contributed by atoms with van der Waals surface area (Å²) >= 11 is 0. The van der Waals surface area contributed by atoms with E-state index in [1.54, 1.807) is 41.5 Å². The average molecular weight is 311 g/mol. The van der Waals surface area contributed by atoms with E-state index in [4.69, 9.17) is 21.3 Å². The van der Waals surface area contributed by atoms with Gasteiger partial charge in [-0.05, 0) is 41.5 Å². The lowest BCUT2D eigenvalue weighted by Crippen LogP contribution is -2.49. The Bertz CT molecular complexity index is 467. The van der Waals surface area contributed by atoms with Crippen LogP contribution in [0.15, 0.2) is 0 Å². The third-order valence-electron chi connectivity index (χ3n) is 1.98. The zero-order valence-electron chi connectivity index (χ0n) is 14.1. The maximum Gasteiger partial charge on any atom is 0.417 e. The lowest BCUT2D eigenvalue weighted by Gasteiger charge is -2.27. The zero-order valence-corrected chi connectivity index (χ0v) is 14.1. The molecule has 0 unspecified atom stereocenters. The highest BCUT2D eigenvalue weighted by Crippen LogP contribution is 2.11. The van der Waals surface area contributed by atoms with Crippen molar-refractivity contribution in [1.82, 2.24) is 10.2 Å². The van der Waals surface area contributed by atoms with Gasteiger partial charge in [-0.15, -0.1) is 12.3 Å². The van der Waals surface area contributed by atoms with Gasteiger partial charge in [-0.1, -0.05) is 0 Å². The Balaban J connectivity index is 4.89. The first-order valence-corrected chi connectivity index (χ1v) is 6.88. The molecule has 0 saturated heterocycles. The third-order valence-corrected chi connectivity index (χ3v) is 1.98. The Morgan fingerprint density at radius 3 is 2.05 bits per heavy atom. The molecule has 7 nitrogen and oxygen atoms in total. The molecule has 0 aromatic heterocycles. The van der Waals surface area contributed by atoms with Crippen LogP contribution in [0.5, 0.6) is 0 Å². The van der Waals surface area contributed by atoms with Crippen LogP contribution < -0.4 is 5.32 Å². The van der Waals surface area contributed by atoms with Crippen molar-refractivity contribution in [3.05, 3.63) is 0 Å². The first-order valence-electron chi connectivity index (χ1n) is 6.88. The van der Waals surface area contributed by atoms with Gasteiger partial charge in [-0.25, -0.2) is 14.5 Å². The summed E-state index contributed by atoms with van der Waals surface area (Å²) in [6, 6.07) is 0. The van der Waals surface area contributed by atoms with Gasteiger partial charge in [0.05, 0.1) is 0 Å². The number of amides is 2. The summed E-state index contributed by atoms with van der Waals surface area (Å²) in [5, 5.41) is 10.0. The molecule has 7 heteroatoms. The minimum absolute atomic E-state index is 0.0556. The number of hydrogen-bond acceptors (Lipinski definition) is 5. The van der Waals surface area contributed by atoms with E-state index in [0.29, 0.717) is 0 Å². The molecular formula is C15H25N3O4. The van der Waals surface area contributed by atoms with Gasteiger partial charge in [0, 0.05) is 13.0 Å². The fourth-order valence-corrected chi connectivity index (χ4v) is 1.26. The molecule has 0 rings (SSSR count). The van der Waals surface area contributed by atoms with Crippen molar-refractivity contribution in [3.8, 4) is 12.3 Å². The van der Waals surface area contributed by atoms with Crippen LogP contribution >= 0.6 is 0 Å². The second-order valence-electron chi connectivity index (χ2n) is 6.56. The molecule has 0 saturated carbocycles. The molecule has 2 amide bonds. The van der Waals surface area contributed by atoms with Gasteiger partial charge in [-0.2, -0.15) is 0 Å². The van der Waals surface area contributed by atoms with Crippen LogP contribution in [0.1, 0.15) is 48.0 Å². The van der Waals surface area contributed by atoms with Crippen LogP contribution in [-0.4, -0.2) is 40.8 Å². The molecular weight excluding hydrogens is 286 g/mol. The SMILES string of the molecule is C#CCCN(C(=N)NC(=O)OC(C)(C)C)C(=O)OC(C)(C)C. The number of alkyl carbamates (subject to hydrolysis) is 1. The molecule has 0 aliphatic carbocycles. The van der Waals surface area contributed by atoms with E-state index in [1.807, 2.05) is 0 Å². The minimum Gasteiger partial charge on any atom is -0.444 e. The number of nitrogens with zero attached hydrogens (tertiary/aromatic N) is 1. The summed E-state index contributed by atoms with van der Waals surface area (Å²) in [6.45, 7) is 10.3. The Labute approximate surface area is 131 Å². The molecule has 0 bridgehead atoms. The monoisotopic (exact) mass is 311 g/mol. The van der Waals surface area contributed by atoms with E-state index >= 15 is 0 Å². The molecule has 0 aromatic carbocycles. The summed E-state index contributed by atoms with van der Waals surface area (Å²) in [6.07, 6.45) is 3.81. The molecule has 0 radical (unpaired) electrons. The Kier molecular flexibility index (Phi) is 6.91. The minimum atomic E-state index is -0.827. The van der Waals surface area contributed by atoms with Crippen LogP contribution in [0.2, 0.25) is 0 Å². The predicted octanol–water partition coefficient (Wildman–Crippen LogP) is 2.71. The summed E-state index contributed by atoms with van der Waals surface area (Å²) < 4.78 is 10.2. The second kappa shape index (κ2) is 7.69. The van der Waals surface area contributed by atoms with E-state index in [9.17, 15) is 9.59 Å². The first kappa shape index (κ1) is 19.8. The average Bonchev–Trinajstić information content (AvgIpc) is 2.23. The Hall–Kier alpha value is -2.23. The number of rotatable bonds is 2. The Morgan fingerprint density at radius 1 is 1.14 bits per heavy atom. The molecule has 0 aliphatic heterocycles. The standard InChI is InChI=1S/C15H25N3O4/c1-8-9-10-18(13(20)22-15(5,6)7)11(16)17-12(19)21-14(2,3)4/h1H,9-10H2,2-7H3,(H2,16,17,19). The number of nitrogens with one attached hydrogen (secondary N) is 2. The van der Waals surface area contributed by atoms with Crippen LogP contribution in [0.3, 0.4) is 0 Å². The topological polar surface area (TPSA) is 91.7 Å². The molecule has 124 valence electrons. The van der Waals surface area contributed by atoms with E-state index < -0.39 is 29.3 Å². The second-order valence-corrected chi connectivity index (χ2v) is 6.56. The summed E-state index contributed by atoms with van der Waals surface area (Å²) in [5.74, 6) is 1.93. The van der Waals surface area contributed by atoms with Crippen molar-refractivity contribution in [2.75, 3.05) is 6.54 Å². The molecule has 0 spiro atoms. The lowest BCUT2D eigenvalue weighted by atomic mass is 10.2. The van der Waals surface area contributed by atoms with E-state index in [2.05, 4.69) is 11.2 Å². The van der Waals surface area contributed by atoms with E-state index in [1.165, 1.54) is 0 Å². The van der Waals surface area contributed by atoms with Crippen molar-refractivity contribution >= 4 is 18.1 Å². The highest BCUT2D eigenvalue weighted by atomic mass is 16.6. The normalized spacial score (nSPS) is 11.1. The van der Waals surface area contributed by atoms with Gasteiger partial charge in [-0.3, -0.25) is 10.7 Å². The number of ether oxygens (including phenoxy) is 2. The van der Waals surface area contributed by atoms with Crippen molar-refractivity contribution in [2.24, 2.45) is 0 Å². The van der Waals surface area contributed by atoms with Gasteiger partial charge in [0.1, 0.15) is 11.2 Å². The van der Waals surface area contributed by atoms with Crippen LogP contribution in [0.4, 0.5) is 9.59 Å². The zero-order chi connectivity index (χ0) is 17.6. The molecule has 0 heterocycles. The number of guanidine groups is 1. The van der Waals surface area contributed by atoms with Crippen LogP contribution in [0, 0.1) is 17.8 Å². The largest absolute Gasteiger partial charge is 0.444 e. The maximum absolute atomic E-state index is 12.1. The predicted molar refractivity (Wildman–Crippen MR) is 83.5 cm³/mol. The summed E-state index contributed by atoms with van der Waals surface area (Å²) in [5.41, 5.74) is -1.43. The lowest BCUT2D eigenvalue weighted by molar-refractivity contribution is 0.0360. The van der Waals surface area contributed by atoms with Gasteiger partial charge in [0.15, 0.2) is 0 Å². The maximum atomic E-state index is 12.1. The van der Waals surface area contributed by atoms with Gasteiger partial charge < -0.3 is 9.47 Å². The van der Waals surface area contributed by atoms with Crippen LogP contribution in [0.25, 0.3) is 0 Å². The highest BCUT2D eigenvalue weighted by Gasteiger charge is 2.27. The molecule has 0 fully saturated rings. The first-order chi connectivity index (χ1) is 9.85. The Morgan fingerprint density at radius 2 is 1.64 bits per heavy atom. The number of terminal acetylenes is 1. The summed E-state index contributed by atoms with van der Waals surface area (Å²) in [4.78, 5) is 24.7. The smallest absolute Gasteiger partial charge is 0.417 e. The number of carbonyl (C=O) groups is 2.